The summed E-state index contributed by atoms with van der Waals surface area (Å²) < 4.78 is 33.5. The fourth-order valence-corrected chi connectivity index (χ4v) is 3.18. The molecule has 0 saturated carbocycles. The lowest BCUT2D eigenvalue weighted by Crippen LogP contribution is -2.24. The van der Waals surface area contributed by atoms with Gasteiger partial charge in [0.1, 0.15) is 17.4 Å². The Balaban J connectivity index is 1.76. The van der Waals surface area contributed by atoms with Crippen LogP contribution in [-0.2, 0) is 4.79 Å². The first kappa shape index (κ1) is 19.6. The van der Waals surface area contributed by atoms with Crippen LogP contribution in [0, 0.1) is 11.6 Å². The third-order valence-electron chi connectivity index (χ3n) is 3.85. The first-order valence-corrected chi connectivity index (χ1v) is 9.05. The van der Waals surface area contributed by atoms with Gasteiger partial charge >= 0.3 is 0 Å². The molecule has 0 bridgehead atoms. The van der Waals surface area contributed by atoms with E-state index < -0.39 is 22.8 Å². The van der Waals surface area contributed by atoms with Gasteiger partial charge < -0.3 is 15.9 Å². The van der Waals surface area contributed by atoms with Crippen molar-refractivity contribution in [2.24, 2.45) is 0 Å². The molecule has 0 aliphatic rings. The number of amides is 1. The number of nitrogens with zero attached hydrogens (tertiary/aromatic N) is 3. The minimum Gasteiger partial charge on any atom is -0.496 e. The number of benzene rings is 2. The second-order valence-electron chi connectivity index (χ2n) is 5.75. The molecule has 10 heteroatoms. The number of halogens is 2. The van der Waals surface area contributed by atoms with Crippen LogP contribution in [0.5, 0.6) is 5.75 Å². The lowest BCUT2D eigenvalue weighted by atomic mass is 10.2. The Morgan fingerprint density at radius 3 is 2.75 bits per heavy atom. The van der Waals surface area contributed by atoms with Crippen LogP contribution >= 0.6 is 11.8 Å². The lowest BCUT2D eigenvalue weighted by molar-refractivity contribution is -0.115. The Morgan fingerprint density at radius 2 is 2.00 bits per heavy atom. The second kappa shape index (κ2) is 8.26. The molecule has 3 N–H and O–H groups in total. The van der Waals surface area contributed by atoms with Crippen molar-refractivity contribution in [3.63, 3.8) is 0 Å². The molecule has 0 saturated heterocycles. The molecule has 3 aromatic rings. The maximum absolute atomic E-state index is 13.7. The number of hydrogen-bond acceptors (Lipinski definition) is 6. The SMILES string of the molecule is COc1ccccc1-c1nnc(SC(C)C(=O)Nc2cc(F)ccc2F)n1N. The van der Waals surface area contributed by atoms with Crippen LogP contribution in [0.15, 0.2) is 47.6 Å². The number of methoxy groups -OCH3 is 1. The molecule has 0 fully saturated rings. The number of hydrogen-bond donors (Lipinski definition) is 2. The number of carbonyl (C=O) groups excluding carboxylic acids is 1. The Labute approximate surface area is 163 Å². The van der Waals surface area contributed by atoms with Crippen molar-refractivity contribution in [1.29, 1.82) is 0 Å². The van der Waals surface area contributed by atoms with Crippen molar-refractivity contribution >= 4 is 23.4 Å². The summed E-state index contributed by atoms with van der Waals surface area (Å²) in [5.74, 6) is 5.10. The first-order chi connectivity index (χ1) is 13.4. The minimum atomic E-state index is -0.729. The van der Waals surface area contributed by atoms with Gasteiger partial charge in [-0.25, -0.2) is 13.5 Å². The van der Waals surface area contributed by atoms with Crippen LogP contribution in [0.1, 0.15) is 6.92 Å². The van der Waals surface area contributed by atoms with Crippen molar-refractivity contribution in [3.05, 3.63) is 54.1 Å². The molecule has 1 amide bonds. The lowest BCUT2D eigenvalue weighted by Gasteiger charge is -2.12. The number of nitrogens with two attached hydrogens (primary N) is 1. The molecule has 7 nitrogen and oxygen atoms in total. The Morgan fingerprint density at radius 1 is 1.25 bits per heavy atom. The van der Waals surface area contributed by atoms with E-state index in [2.05, 4.69) is 15.5 Å². The number of ether oxygens (including phenoxy) is 1. The van der Waals surface area contributed by atoms with Crippen LogP contribution in [0.25, 0.3) is 11.4 Å². The third-order valence-corrected chi connectivity index (χ3v) is 4.91. The first-order valence-electron chi connectivity index (χ1n) is 8.17. The quantitative estimate of drug-likeness (QED) is 0.483. The van der Waals surface area contributed by atoms with E-state index in [0.717, 1.165) is 30.0 Å². The van der Waals surface area contributed by atoms with Crippen molar-refractivity contribution in [2.45, 2.75) is 17.3 Å². The zero-order valence-electron chi connectivity index (χ0n) is 15.0. The standard InChI is InChI=1S/C18H17F2N5O2S/c1-10(17(26)22-14-9-11(19)7-8-13(14)20)28-18-24-23-16(25(18)21)12-5-3-4-6-15(12)27-2/h3-10H,21H2,1-2H3,(H,22,26). The highest BCUT2D eigenvalue weighted by atomic mass is 32.2. The minimum absolute atomic E-state index is 0.235. The summed E-state index contributed by atoms with van der Waals surface area (Å²) in [6.07, 6.45) is 0. The van der Waals surface area contributed by atoms with E-state index in [1.54, 1.807) is 19.1 Å². The molecule has 1 atom stereocenters. The Kier molecular flexibility index (Phi) is 5.78. The van der Waals surface area contributed by atoms with Gasteiger partial charge in [-0.3, -0.25) is 4.79 Å². The molecule has 2 aromatic carbocycles. The van der Waals surface area contributed by atoms with E-state index in [0.29, 0.717) is 17.1 Å². The summed E-state index contributed by atoms with van der Waals surface area (Å²) in [6, 6.07) is 9.99. The summed E-state index contributed by atoms with van der Waals surface area (Å²) in [7, 11) is 1.53. The second-order valence-corrected chi connectivity index (χ2v) is 7.06. The van der Waals surface area contributed by atoms with Gasteiger partial charge in [0.05, 0.1) is 23.6 Å². The van der Waals surface area contributed by atoms with Crippen LogP contribution in [0.3, 0.4) is 0 Å². The van der Waals surface area contributed by atoms with E-state index in [-0.39, 0.29) is 10.8 Å². The molecular formula is C18H17F2N5O2S. The van der Waals surface area contributed by atoms with E-state index >= 15 is 0 Å². The zero-order chi connectivity index (χ0) is 20.3. The smallest absolute Gasteiger partial charge is 0.237 e. The molecule has 146 valence electrons. The number of nitrogens with one attached hydrogen (secondary N) is 1. The zero-order valence-corrected chi connectivity index (χ0v) is 15.8. The summed E-state index contributed by atoms with van der Waals surface area (Å²) >= 11 is 1.03. The molecule has 1 unspecified atom stereocenters. The van der Waals surface area contributed by atoms with Crippen LogP contribution < -0.4 is 15.9 Å². The normalized spacial score (nSPS) is 11.9. The molecule has 28 heavy (non-hydrogen) atoms. The van der Waals surface area contributed by atoms with E-state index in [1.807, 2.05) is 12.1 Å². The van der Waals surface area contributed by atoms with Gasteiger partial charge in [-0.15, -0.1) is 10.2 Å². The van der Waals surface area contributed by atoms with E-state index in [4.69, 9.17) is 10.6 Å². The van der Waals surface area contributed by atoms with Gasteiger partial charge in [0.15, 0.2) is 5.82 Å². The maximum atomic E-state index is 13.7. The number of para-hydroxylation sites is 1. The molecule has 0 aliphatic heterocycles. The highest BCUT2D eigenvalue weighted by Gasteiger charge is 2.22. The van der Waals surface area contributed by atoms with Crippen molar-refractivity contribution in [1.82, 2.24) is 14.9 Å². The van der Waals surface area contributed by atoms with Gasteiger partial charge in [0.25, 0.3) is 0 Å². The average Bonchev–Trinajstić information content (AvgIpc) is 3.04. The van der Waals surface area contributed by atoms with Crippen molar-refractivity contribution in [3.8, 4) is 17.1 Å². The summed E-state index contributed by atoms with van der Waals surface area (Å²) in [4.78, 5) is 12.3. The topological polar surface area (TPSA) is 95.1 Å². The molecule has 1 aromatic heterocycles. The van der Waals surface area contributed by atoms with Gasteiger partial charge in [-0.2, -0.15) is 0 Å². The van der Waals surface area contributed by atoms with Crippen LogP contribution in [0.2, 0.25) is 0 Å². The van der Waals surface area contributed by atoms with Crippen molar-refractivity contribution < 1.29 is 18.3 Å². The van der Waals surface area contributed by atoms with Gasteiger partial charge in [-0.05, 0) is 31.2 Å². The highest BCUT2D eigenvalue weighted by molar-refractivity contribution is 8.00. The Bertz CT molecular complexity index is 1010. The Hall–Kier alpha value is -3.14. The molecule has 3 rings (SSSR count). The number of aromatic nitrogens is 3. The molecule has 1 heterocycles. The molecular weight excluding hydrogens is 388 g/mol. The number of nitrogen functional groups attached to an aromatic ring is 1. The van der Waals surface area contributed by atoms with Crippen LogP contribution in [0.4, 0.5) is 14.5 Å². The number of rotatable bonds is 6. The number of thioether (sulfide) groups is 1. The third kappa shape index (κ3) is 4.06. The number of anilines is 1. The average molecular weight is 405 g/mol. The number of carbonyl (C=O) groups is 1. The van der Waals surface area contributed by atoms with Crippen LogP contribution in [-0.4, -0.2) is 33.1 Å². The maximum Gasteiger partial charge on any atom is 0.237 e. The molecule has 0 radical (unpaired) electrons. The fraction of sp³-hybridized carbons (Fsp3) is 0.167. The predicted molar refractivity (Wildman–Crippen MR) is 102 cm³/mol. The van der Waals surface area contributed by atoms with E-state index in [9.17, 15) is 13.6 Å². The summed E-state index contributed by atoms with van der Waals surface area (Å²) in [5.41, 5.74) is 0.409. The fourth-order valence-electron chi connectivity index (χ4n) is 2.41. The predicted octanol–water partition coefficient (Wildman–Crippen LogP) is 3.06. The van der Waals surface area contributed by atoms with Gasteiger partial charge in [0, 0.05) is 6.07 Å². The van der Waals surface area contributed by atoms with Gasteiger partial charge in [0.2, 0.25) is 11.1 Å². The summed E-state index contributed by atoms with van der Waals surface area (Å²) in [6.45, 7) is 1.59. The largest absolute Gasteiger partial charge is 0.496 e. The highest BCUT2D eigenvalue weighted by Crippen LogP contribution is 2.30. The monoisotopic (exact) mass is 405 g/mol. The molecule has 0 spiro atoms. The summed E-state index contributed by atoms with van der Waals surface area (Å²) in [5, 5.41) is 10.0. The van der Waals surface area contributed by atoms with Crippen molar-refractivity contribution in [2.75, 3.05) is 18.3 Å². The van der Waals surface area contributed by atoms with Gasteiger partial charge in [-0.1, -0.05) is 23.9 Å². The molecule has 0 aliphatic carbocycles. The van der Waals surface area contributed by atoms with E-state index in [1.165, 1.54) is 11.8 Å².